The van der Waals surface area contributed by atoms with Crippen LogP contribution >= 0.6 is 11.6 Å². The number of hydrogen-bond donors (Lipinski definition) is 1. The van der Waals surface area contributed by atoms with E-state index in [0.29, 0.717) is 6.04 Å². The summed E-state index contributed by atoms with van der Waals surface area (Å²) < 4.78 is 0. The highest BCUT2D eigenvalue weighted by Crippen LogP contribution is 2.39. The zero-order chi connectivity index (χ0) is 16.5. The molecule has 2 aromatic carbocycles. The minimum atomic E-state index is 0.293. The Balaban J connectivity index is 1.87. The molecule has 1 aromatic heterocycles. The number of nitrogens with zero attached hydrogens (tertiary/aromatic N) is 2. The lowest BCUT2D eigenvalue weighted by atomic mass is 9.96. The quantitative estimate of drug-likeness (QED) is 0.690. The van der Waals surface area contributed by atoms with Crippen LogP contribution < -0.4 is 0 Å². The molecule has 0 saturated carbocycles. The van der Waals surface area contributed by atoms with Gasteiger partial charge in [0.1, 0.15) is 5.69 Å². The standard InChI is InChI=1S/C20H22ClN3/c1-14(24-12-6-3-7-13-24)18-16(21)10-11-17-19(18)20(23-22-17)15-8-4-2-5-9-15/h2,4-5,8-11,14H,3,6-7,12-13H2,1H3,(H,22,23). The molecule has 1 atom stereocenters. The van der Waals surface area contributed by atoms with Gasteiger partial charge in [0.25, 0.3) is 0 Å². The molecule has 24 heavy (non-hydrogen) atoms. The number of aromatic amines is 1. The Bertz CT molecular complexity index is 835. The first-order valence-electron chi connectivity index (χ1n) is 8.71. The fraction of sp³-hybridized carbons (Fsp3) is 0.350. The fourth-order valence-electron chi connectivity index (χ4n) is 3.82. The number of rotatable bonds is 3. The van der Waals surface area contributed by atoms with E-state index in [1.807, 2.05) is 30.3 Å². The van der Waals surface area contributed by atoms with Crippen LogP contribution in [-0.4, -0.2) is 28.2 Å². The first-order valence-corrected chi connectivity index (χ1v) is 9.09. The third-order valence-corrected chi connectivity index (χ3v) is 5.45. The van der Waals surface area contributed by atoms with Crippen molar-refractivity contribution in [2.75, 3.05) is 13.1 Å². The van der Waals surface area contributed by atoms with Crippen LogP contribution in [0.1, 0.15) is 37.8 Å². The van der Waals surface area contributed by atoms with E-state index in [-0.39, 0.29) is 0 Å². The second kappa shape index (κ2) is 6.58. The summed E-state index contributed by atoms with van der Waals surface area (Å²) in [5, 5.41) is 9.77. The minimum Gasteiger partial charge on any atom is -0.297 e. The SMILES string of the molecule is CC(c1c(Cl)ccc2[nH]nc(-c3ccccc3)c12)N1CCCCC1. The molecule has 124 valence electrons. The van der Waals surface area contributed by atoms with E-state index in [9.17, 15) is 0 Å². The van der Waals surface area contributed by atoms with Crippen LogP contribution in [0, 0.1) is 0 Å². The van der Waals surface area contributed by atoms with Gasteiger partial charge in [-0.1, -0.05) is 48.4 Å². The van der Waals surface area contributed by atoms with Gasteiger partial charge in [-0.15, -0.1) is 0 Å². The maximum absolute atomic E-state index is 6.67. The van der Waals surface area contributed by atoms with Crippen molar-refractivity contribution in [3.8, 4) is 11.3 Å². The van der Waals surface area contributed by atoms with Gasteiger partial charge in [0.05, 0.1) is 5.52 Å². The van der Waals surface area contributed by atoms with Gasteiger partial charge in [0.15, 0.2) is 0 Å². The average Bonchev–Trinajstić information content (AvgIpc) is 3.06. The molecule has 3 aromatic rings. The third kappa shape index (κ3) is 2.72. The molecule has 3 nitrogen and oxygen atoms in total. The van der Waals surface area contributed by atoms with Crippen LogP contribution in [0.4, 0.5) is 0 Å². The van der Waals surface area contributed by atoms with Crippen molar-refractivity contribution in [1.82, 2.24) is 15.1 Å². The van der Waals surface area contributed by atoms with E-state index in [0.717, 1.165) is 40.3 Å². The molecule has 0 radical (unpaired) electrons. The third-order valence-electron chi connectivity index (χ3n) is 5.12. The first kappa shape index (κ1) is 15.7. The summed E-state index contributed by atoms with van der Waals surface area (Å²) in [6.07, 6.45) is 3.88. The van der Waals surface area contributed by atoms with Gasteiger partial charge in [-0.05, 0) is 50.6 Å². The number of piperidine rings is 1. The van der Waals surface area contributed by atoms with Crippen LogP contribution in [0.25, 0.3) is 22.2 Å². The fourth-order valence-corrected chi connectivity index (χ4v) is 4.13. The molecule has 1 saturated heterocycles. The number of aromatic nitrogens is 2. The van der Waals surface area contributed by atoms with Crippen molar-refractivity contribution in [1.29, 1.82) is 0 Å². The molecule has 2 heterocycles. The van der Waals surface area contributed by atoms with Crippen LogP contribution in [-0.2, 0) is 0 Å². The highest BCUT2D eigenvalue weighted by molar-refractivity contribution is 6.32. The normalized spacial score (nSPS) is 17.2. The van der Waals surface area contributed by atoms with Gasteiger partial charge in [-0.25, -0.2) is 0 Å². The molecule has 0 amide bonds. The van der Waals surface area contributed by atoms with Gasteiger partial charge in [0, 0.05) is 22.0 Å². The Morgan fingerprint density at radius 1 is 1.04 bits per heavy atom. The molecule has 1 aliphatic rings. The molecule has 1 aliphatic heterocycles. The predicted molar refractivity (Wildman–Crippen MR) is 100 cm³/mol. The van der Waals surface area contributed by atoms with Crippen LogP contribution in [0.3, 0.4) is 0 Å². The second-order valence-corrected chi connectivity index (χ2v) is 7.00. The van der Waals surface area contributed by atoms with Gasteiger partial charge in [0.2, 0.25) is 0 Å². The second-order valence-electron chi connectivity index (χ2n) is 6.59. The highest BCUT2D eigenvalue weighted by atomic mass is 35.5. The van der Waals surface area contributed by atoms with Gasteiger partial charge in [-0.3, -0.25) is 10.00 Å². The molecule has 4 rings (SSSR count). The lowest BCUT2D eigenvalue weighted by Gasteiger charge is -2.33. The molecule has 0 spiro atoms. The molecule has 1 fully saturated rings. The summed E-state index contributed by atoms with van der Waals surface area (Å²) in [6, 6.07) is 14.7. The summed E-state index contributed by atoms with van der Waals surface area (Å²) in [4.78, 5) is 2.55. The number of halogens is 1. The summed E-state index contributed by atoms with van der Waals surface area (Å²) in [7, 11) is 0. The molecule has 0 aliphatic carbocycles. The van der Waals surface area contributed by atoms with E-state index >= 15 is 0 Å². The number of likely N-dealkylation sites (tertiary alicyclic amines) is 1. The maximum Gasteiger partial charge on any atom is 0.100 e. The smallest absolute Gasteiger partial charge is 0.100 e. The van der Waals surface area contributed by atoms with Gasteiger partial charge in [-0.2, -0.15) is 5.10 Å². The zero-order valence-corrected chi connectivity index (χ0v) is 14.7. The van der Waals surface area contributed by atoms with Crippen molar-refractivity contribution in [2.24, 2.45) is 0 Å². The zero-order valence-electron chi connectivity index (χ0n) is 13.9. The summed E-state index contributed by atoms with van der Waals surface area (Å²) in [5.41, 5.74) is 4.37. The number of nitrogens with one attached hydrogen (secondary N) is 1. The first-order chi connectivity index (χ1) is 11.8. The van der Waals surface area contributed by atoms with Crippen LogP contribution in [0.2, 0.25) is 5.02 Å². The Kier molecular flexibility index (Phi) is 4.30. The summed E-state index contributed by atoms with van der Waals surface area (Å²) >= 11 is 6.67. The topological polar surface area (TPSA) is 31.9 Å². The van der Waals surface area contributed by atoms with Crippen molar-refractivity contribution >= 4 is 22.5 Å². The maximum atomic E-state index is 6.67. The number of H-pyrrole nitrogens is 1. The predicted octanol–water partition coefficient (Wildman–Crippen LogP) is 5.43. The van der Waals surface area contributed by atoms with Crippen LogP contribution in [0.5, 0.6) is 0 Å². The Morgan fingerprint density at radius 2 is 1.79 bits per heavy atom. The van der Waals surface area contributed by atoms with Crippen molar-refractivity contribution in [3.05, 3.63) is 53.1 Å². The Hall–Kier alpha value is -1.84. The summed E-state index contributed by atoms with van der Waals surface area (Å²) in [5.74, 6) is 0. The minimum absolute atomic E-state index is 0.293. The lowest BCUT2D eigenvalue weighted by molar-refractivity contribution is 0.176. The average molecular weight is 340 g/mol. The summed E-state index contributed by atoms with van der Waals surface area (Å²) in [6.45, 7) is 4.56. The van der Waals surface area contributed by atoms with Gasteiger partial charge >= 0.3 is 0 Å². The highest BCUT2D eigenvalue weighted by Gasteiger charge is 2.24. The Morgan fingerprint density at radius 3 is 2.54 bits per heavy atom. The van der Waals surface area contributed by atoms with E-state index in [4.69, 9.17) is 11.6 Å². The van der Waals surface area contributed by atoms with Crippen molar-refractivity contribution in [2.45, 2.75) is 32.2 Å². The lowest BCUT2D eigenvalue weighted by Crippen LogP contribution is -2.32. The number of benzene rings is 2. The van der Waals surface area contributed by atoms with E-state index in [1.54, 1.807) is 0 Å². The largest absolute Gasteiger partial charge is 0.297 e. The van der Waals surface area contributed by atoms with Crippen molar-refractivity contribution in [3.63, 3.8) is 0 Å². The monoisotopic (exact) mass is 339 g/mol. The molecule has 1 unspecified atom stereocenters. The Labute approximate surface area is 147 Å². The van der Waals surface area contributed by atoms with E-state index in [2.05, 4.69) is 34.2 Å². The molecule has 0 bridgehead atoms. The molecular weight excluding hydrogens is 318 g/mol. The van der Waals surface area contributed by atoms with Gasteiger partial charge < -0.3 is 0 Å². The number of hydrogen-bond acceptors (Lipinski definition) is 2. The molecular formula is C20H22ClN3. The molecule has 4 heteroatoms. The molecule has 1 N–H and O–H groups in total. The van der Waals surface area contributed by atoms with E-state index < -0.39 is 0 Å². The van der Waals surface area contributed by atoms with Crippen LogP contribution in [0.15, 0.2) is 42.5 Å². The number of fused-ring (bicyclic) bond motifs is 1. The van der Waals surface area contributed by atoms with E-state index in [1.165, 1.54) is 24.8 Å². The van der Waals surface area contributed by atoms with Crippen molar-refractivity contribution < 1.29 is 0 Å².